The molecule has 0 spiro atoms. The van der Waals surface area contributed by atoms with E-state index in [1.54, 1.807) is 5.56 Å². The minimum atomic E-state index is 0.521. The van der Waals surface area contributed by atoms with Gasteiger partial charge in [-0.1, -0.05) is 42.5 Å². The normalized spacial score (nSPS) is 24.3. The molecule has 2 nitrogen and oxygen atoms in total. The quantitative estimate of drug-likeness (QED) is 0.717. The molecule has 116 valence electrons. The summed E-state index contributed by atoms with van der Waals surface area (Å²) in [5, 5.41) is 1.38. The molecule has 2 heterocycles. The second kappa shape index (κ2) is 5.24. The SMILES string of the molecule is c1ccc2c(c1)[C@@H](c1c[nH]c3ccccc13)C[C@H]2N1CCCC1. The first-order valence-electron chi connectivity index (χ1n) is 8.81. The first kappa shape index (κ1) is 13.4. The highest BCUT2D eigenvalue weighted by Crippen LogP contribution is 2.48. The first-order chi connectivity index (χ1) is 11.4. The van der Waals surface area contributed by atoms with Gasteiger partial charge in [0.15, 0.2) is 0 Å². The van der Waals surface area contributed by atoms with Crippen molar-refractivity contribution in [2.75, 3.05) is 13.1 Å². The zero-order valence-corrected chi connectivity index (χ0v) is 13.3. The van der Waals surface area contributed by atoms with Gasteiger partial charge in [0, 0.05) is 29.1 Å². The van der Waals surface area contributed by atoms with Gasteiger partial charge in [-0.2, -0.15) is 0 Å². The monoisotopic (exact) mass is 302 g/mol. The van der Waals surface area contributed by atoms with Crippen LogP contribution in [-0.2, 0) is 0 Å². The van der Waals surface area contributed by atoms with Crippen molar-refractivity contribution in [3.63, 3.8) is 0 Å². The standard InChI is InChI=1S/C21H22N2/c1-2-9-17-15(7-1)18(13-21(17)23-11-5-6-12-23)19-14-22-20-10-4-3-8-16(19)20/h1-4,7-10,14,18,21-22H,5-6,11-13H2/t18-,21+/m0/s1. The summed E-state index contributed by atoms with van der Waals surface area (Å²) in [4.78, 5) is 6.17. The fourth-order valence-corrected chi connectivity index (χ4v) is 4.68. The maximum Gasteiger partial charge on any atom is 0.0457 e. The van der Waals surface area contributed by atoms with E-state index < -0.39 is 0 Å². The number of aromatic amines is 1. The van der Waals surface area contributed by atoms with Crippen LogP contribution in [-0.4, -0.2) is 23.0 Å². The predicted octanol–water partition coefficient (Wildman–Crippen LogP) is 4.84. The molecule has 1 aliphatic carbocycles. The van der Waals surface area contributed by atoms with Crippen LogP contribution in [0.25, 0.3) is 10.9 Å². The number of hydrogen-bond acceptors (Lipinski definition) is 1. The summed E-state index contributed by atoms with van der Waals surface area (Å²) in [7, 11) is 0. The molecule has 23 heavy (non-hydrogen) atoms. The van der Waals surface area contributed by atoms with E-state index in [0.29, 0.717) is 12.0 Å². The van der Waals surface area contributed by atoms with Gasteiger partial charge >= 0.3 is 0 Å². The third-order valence-corrected chi connectivity index (χ3v) is 5.77. The van der Waals surface area contributed by atoms with Crippen LogP contribution in [0.4, 0.5) is 0 Å². The number of nitrogens with one attached hydrogen (secondary N) is 1. The van der Waals surface area contributed by atoms with Crippen LogP contribution in [0, 0.1) is 0 Å². The number of H-pyrrole nitrogens is 1. The number of rotatable bonds is 2. The van der Waals surface area contributed by atoms with Crippen molar-refractivity contribution in [1.29, 1.82) is 0 Å². The van der Waals surface area contributed by atoms with Crippen LogP contribution in [0.3, 0.4) is 0 Å². The molecular weight excluding hydrogens is 280 g/mol. The zero-order chi connectivity index (χ0) is 15.2. The molecule has 5 rings (SSSR count). The average Bonchev–Trinajstić information content (AvgIpc) is 3.32. The van der Waals surface area contributed by atoms with Crippen LogP contribution in [0.15, 0.2) is 54.7 Å². The average molecular weight is 302 g/mol. The van der Waals surface area contributed by atoms with Crippen molar-refractivity contribution in [2.45, 2.75) is 31.2 Å². The van der Waals surface area contributed by atoms with Crippen molar-refractivity contribution in [1.82, 2.24) is 9.88 Å². The van der Waals surface area contributed by atoms with Crippen molar-refractivity contribution in [2.24, 2.45) is 0 Å². The Morgan fingerprint density at radius 2 is 1.57 bits per heavy atom. The third-order valence-electron chi connectivity index (χ3n) is 5.77. The van der Waals surface area contributed by atoms with E-state index in [1.807, 2.05) is 0 Å². The first-order valence-corrected chi connectivity index (χ1v) is 8.81. The molecule has 2 aliphatic rings. The summed E-state index contributed by atoms with van der Waals surface area (Å²) in [6, 6.07) is 18.4. The lowest BCUT2D eigenvalue weighted by Crippen LogP contribution is -2.23. The number of likely N-dealkylation sites (tertiary alicyclic amines) is 1. The van der Waals surface area contributed by atoms with Gasteiger partial charge in [-0.05, 0) is 55.1 Å². The molecule has 1 aliphatic heterocycles. The third kappa shape index (κ3) is 2.05. The lowest BCUT2D eigenvalue weighted by atomic mass is 9.92. The summed E-state index contributed by atoms with van der Waals surface area (Å²) in [6.45, 7) is 2.53. The maximum absolute atomic E-state index is 3.47. The Balaban J connectivity index is 1.61. The molecule has 1 fully saturated rings. The molecular formula is C21H22N2. The predicted molar refractivity (Wildman–Crippen MR) is 94.7 cm³/mol. The molecule has 3 aromatic rings. The molecule has 1 saturated heterocycles. The number of benzene rings is 2. The molecule has 2 atom stereocenters. The highest BCUT2D eigenvalue weighted by atomic mass is 15.2. The summed E-state index contributed by atoms with van der Waals surface area (Å²) in [5.74, 6) is 0.521. The Kier molecular flexibility index (Phi) is 3.05. The van der Waals surface area contributed by atoms with Gasteiger partial charge in [-0.3, -0.25) is 4.90 Å². The second-order valence-corrected chi connectivity index (χ2v) is 6.97. The van der Waals surface area contributed by atoms with Crippen molar-refractivity contribution in [3.05, 3.63) is 71.4 Å². The molecule has 2 aromatic carbocycles. The Morgan fingerprint density at radius 3 is 2.43 bits per heavy atom. The fraction of sp³-hybridized carbons (Fsp3) is 0.333. The number of aromatic nitrogens is 1. The lowest BCUT2D eigenvalue weighted by molar-refractivity contribution is 0.241. The fourth-order valence-electron chi connectivity index (χ4n) is 4.68. The Labute approximate surface area is 137 Å². The molecule has 0 radical (unpaired) electrons. The number of fused-ring (bicyclic) bond motifs is 2. The molecule has 1 aromatic heterocycles. The Bertz CT molecular complexity index is 842. The van der Waals surface area contributed by atoms with Gasteiger partial charge in [0.25, 0.3) is 0 Å². The summed E-state index contributed by atoms with van der Waals surface area (Å²) < 4.78 is 0. The zero-order valence-electron chi connectivity index (χ0n) is 13.3. The Morgan fingerprint density at radius 1 is 0.826 bits per heavy atom. The van der Waals surface area contributed by atoms with E-state index >= 15 is 0 Å². The van der Waals surface area contributed by atoms with E-state index in [4.69, 9.17) is 0 Å². The molecule has 0 amide bonds. The number of para-hydroxylation sites is 1. The minimum absolute atomic E-state index is 0.521. The topological polar surface area (TPSA) is 19.0 Å². The smallest absolute Gasteiger partial charge is 0.0457 e. The highest BCUT2D eigenvalue weighted by Gasteiger charge is 2.36. The lowest BCUT2D eigenvalue weighted by Gasteiger charge is -2.24. The molecule has 0 bridgehead atoms. The maximum atomic E-state index is 3.47. The second-order valence-electron chi connectivity index (χ2n) is 6.97. The van der Waals surface area contributed by atoms with Crippen LogP contribution < -0.4 is 0 Å². The van der Waals surface area contributed by atoms with Crippen LogP contribution in [0.5, 0.6) is 0 Å². The van der Waals surface area contributed by atoms with E-state index in [2.05, 4.69) is 64.6 Å². The van der Waals surface area contributed by atoms with Gasteiger partial charge in [-0.25, -0.2) is 0 Å². The molecule has 2 heteroatoms. The summed E-state index contributed by atoms with van der Waals surface area (Å²) >= 11 is 0. The van der Waals surface area contributed by atoms with Gasteiger partial charge in [-0.15, -0.1) is 0 Å². The molecule has 0 saturated carbocycles. The van der Waals surface area contributed by atoms with Crippen LogP contribution in [0.2, 0.25) is 0 Å². The number of hydrogen-bond donors (Lipinski definition) is 1. The van der Waals surface area contributed by atoms with Gasteiger partial charge in [0.05, 0.1) is 0 Å². The van der Waals surface area contributed by atoms with Crippen LogP contribution in [0.1, 0.15) is 47.9 Å². The number of nitrogens with zero attached hydrogens (tertiary/aromatic N) is 1. The van der Waals surface area contributed by atoms with Gasteiger partial charge in [0.1, 0.15) is 0 Å². The largest absolute Gasteiger partial charge is 0.361 e. The van der Waals surface area contributed by atoms with Crippen molar-refractivity contribution in [3.8, 4) is 0 Å². The summed E-state index contributed by atoms with van der Waals surface area (Å²) in [5.41, 5.74) is 5.82. The molecule has 1 N–H and O–H groups in total. The minimum Gasteiger partial charge on any atom is -0.361 e. The van der Waals surface area contributed by atoms with E-state index in [9.17, 15) is 0 Å². The van der Waals surface area contributed by atoms with Crippen LogP contribution >= 0.6 is 0 Å². The van der Waals surface area contributed by atoms with E-state index in [-0.39, 0.29) is 0 Å². The van der Waals surface area contributed by atoms with Crippen molar-refractivity contribution < 1.29 is 0 Å². The van der Waals surface area contributed by atoms with E-state index in [0.717, 1.165) is 0 Å². The van der Waals surface area contributed by atoms with Gasteiger partial charge in [0.2, 0.25) is 0 Å². The highest BCUT2D eigenvalue weighted by molar-refractivity contribution is 5.84. The molecule has 0 unspecified atom stereocenters. The Hall–Kier alpha value is -2.06. The van der Waals surface area contributed by atoms with E-state index in [1.165, 1.54) is 54.4 Å². The van der Waals surface area contributed by atoms with Gasteiger partial charge < -0.3 is 4.98 Å². The van der Waals surface area contributed by atoms with Crippen molar-refractivity contribution >= 4 is 10.9 Å². The summed E-state index contributed by atoms with van der Waals surface area (Å²) in [6.07, 6.45) is 6.17.